The summed E-state index contributed by atoms with van der Waals surface area (Å²) in [4.78, 5) is 12.3. The van der Waals surface area contributed by atoms with E-state index in [0.29, 0.717) is 17.8 Å². The summed E-state index contributed by atoms with van der Waals surface area (Å²) in [6, 6.07) is 4.72. The van der Waals surface area contributed by atoms with Gasteiger partial charge in [0.15, 0.2) is 5.82 Å². The molecule has 1 amide bonds. The second kappa shape index (κ2) is 7.77. The highest BCUT2D eigenvalue weighted by Gasteiger charge is 2.25. The molecular weight excluding hydrogens is 331 g/mol. The summed E-state index contributed by atoms with van der Waals surface area (Å²) in [6.45, 7) is 1.89. The summed E-state index contributed by atoms with van der Waals surface area (Å²) in [7, 11) is 0. The van der Waals surface area contributed by atoms with E-state index in [9.17, 15) is 9.18 Å². The second-order valence-electron chi connectivity index (χ2n) is 6.24. The van der Waals surface area contributed by atoms with Crippen LogP contribution < -0.4 is 11.1 Å². The molecule has 1 aliphatic rings. The van der Waals surface area contributed by atoms with E-state index in [1.54, 1.807) is 24.5 Å². The van der Waals surface area contributed by atoms with Crippen molar-refractivity contribution in [3.05, 3.63) is 42.0 Å². The van der Waals surface area contributed by atoms with Crippen LogP contribution in [0.1, 0.15) is 31.2 Å². The Morgan fingerprint density at radius 1 is 1.42 bits per heavy atom. The maximum atomic E-state index is 14.3. The molecule has 3 rings (SSSR count). The molecular formula is C17H22ClFN4O. The Labute approximate surface area is 146 Å². The number of halogens is 2. The summed E-state index contributed by atoms with van der Waals surface area (Å²) < 4.78 is 15.8. The van der Waals surface area contributed by atoms with Crippen LogP contribution in [0.25, 0.3) is 5.69 Å². The molecule has 130 valence electrons. The summed E-state index contributed by atoms with van der Waals surface area (Å²) in [5.41, 5.74) is 7.69. The van der Waals surface area contributed by atoms with Crippen molar-refractivity contribution in [3.8, 4) is 5.69 Å². The molecule has 3 N–H and O–H groups in total. The van der Waals surface area contributed by atoms with Crippen molar-refractivity contribution in [1.29, 1.82) is 0 Å². The van der Waals surface area contributed by atoms with Gasteiger partial charge in [0.25, 0.3) is 0 Å². The first-order valence-electron chi connectivity index (χ1n) is 7.90. The smallest absolute Gasteiger partial charge is 0.227 e. The van der Waals surface area contributed by atoms with Crippen molar-refractivity contribution in [2.75, 3.05) is 5.32 Å². The molecule has 0 radical (unpaired) electrons. The van der Waals surface area contributed by atoms with Crippen molar-refractivity contribution in [2.45, 2.75) is 38.6 Å². The van der Waals surface area contributed by atoms with Gasteiger partial charge in [-0.25, -0.2) is 9.07 Å². The first-order chi connectivity index (χ1) is 11.0. The van der Waals surface area contributed by atoms with Crippen molar-refractivity contribution >= 4 is 24.0 Å². The van der Waals surface area contributed by atoms with Gasteiger partial charge in [0.05, 0.1) is 6.20 Å². The van der Waals surface area contributed by atoms with E-state index in [1.165, 1.54) is 10.7 Å². The Morgan fingerprint density at radius 2 is 2.21 bits per heavy atom. The topological polar surface area (TPSA) is 72.9 Å². The number of nitrogens with one attached hydrogen (secondary N) is 1. The summed E-state index contributed by atoms with van der Waals surface area (Å²) in [5, 5.41) is 6.89. The number of benzene rings is 1. The molecule has 2 aromatic rings. The van der Waals surface area contributed by atoms with Crippen LogP contribution >= 0.6 is 12.4 Å². The number of amides is 1. The number of hydrogen-bond donors (Lipinski definition) is 2. The Kier molecular flexibility index (Phi) is 5.96. The quantitative estimate of drug-likeness (QED) is 0.890. The maximum absolute atomic E-state index is 14.3. The lowest BCUT2D eigenvalue weighted by molar-refractivity contribution is -0.120. The molecule has 1 aromatic heterocycles. The minimum Gasteiger partial charge on any atom is -0.328 e. The van der Waals surface area contributed by atoms with E-state index >= 15 is 0 Å². The summed E-state index contributed by atoms with van der Waals surface area (Å²) >= 11 is 0. The summed E-state index contributed by atoms with van der Waals surface area (Å²) in [5.74, 6) is -0.594. The van der Waals surface area contributed by atoms with E-state index in [4.69, 9.17) is 5.73 Å². The van der Waals surface area contributed by atoms with Crippen LogP contribution in [0.3, 0.4) is 0 Å². The molecule has 2 unspecified atom stereocenters. The van der Waals surface area contributed by atoms with Crippen molar-refractivity contribution in [2.24, 2.45) is 11.7 Å². The number of anilines is 1. The van der Waals surface area contributed by atoms with Crippen LogP contribution in [0.15, 0.2) is 30.6 Å². The number of hydrogen-bond acceptors (Lipinski definition) is 3. The van der Waals surface area contributed by atoms with Crippen molar-refractivity contribution in [1.82, 2.24) is 9.78 Å². The monoisotopic (exact) mass is 352 g/mol. The van der Waals surface area contributed by atoms with Crippen LogP contribution in [0.2, 0.25) is 0 Å². The standard InChI is InChI=1S/C17H21FN4O.ClH/c1-11-9-20-22(10-11)16-6-5-14(8-15(16)18)21-17(23)12-3-2-4-13(19)7-12;/h5-6,8-10,12-13H,2-4,7,19H2,1H3,(H,21,23);1H. The van der Waals surface area contributed by atoms with Gasteiger partial charge >= 0.3 is 0 Å². The number of rotatable bonds is 3. The average Bonchev–Trinajstić information content (AvgIpc) is 2.93. The van der Waals surface area contributed by atoms with E-state index in [1.807, 2.05) is 6.92 Å². The normalized spacial score (nSPS) is 20.3. The molecule has 1 aromatic carbocycles. The first kappa shape index (κ1) is 18.4. The van der Waals surface area contributed by atoms with Gasteiger partial charge in [0.2, 0.25) is 5.91 Å². The Morgan fingerprint density at radius 3 is 2.83 bits per heavy atom. The molecule has 0 saturated heterocycles. The molecule has 2 atom stereocenters. The van der Waals surface area contributed by atoms with Gasteiger partial charge in [-0.05, 0) is 49.9 Å². The Hall–Kier alpha value is -1.92. The SMILES string of the molecule is Cc1cnn(-c2ccc(NC(=O)C3CCCC(N)C3)cc2F)c1.Cl. The molecule has 0 aliphatic heterocycles. The van der Waals surface area contributed by atoms with Gasteiger partial charge in [-0.15, -0.1) is 12.4 Å². The third kappa shape index (κ3) is 4.13. The zero-order valence-corrected chi connectivity index (χ0v) is 14.4. The average molecular weight is 353 g/mol. The number of aromatic nitrogens is 2. The van der Waals surface area contributed by atoms with Gasteiger partial charge in [-0.3, -0.25) is 4.79 Å². The predicted molar refractivity (Wildman–Crippen MR) is 94.1 cm³/mol. The lowest BCUT2D eigenvalue weighted by Crippen LogP contribution is -2.34. The van der Waals surface area contributed by atoms with E-state index in [0.717, 1.165) is 24.8 Å². The zero-order valence-electron chi connectivity index (χ0n) is 13.5. The van der Waals surface area contributed by atoms with Gasteiger partial charge in [-0.2, -0.15) is 5.10 Å². The van der Waals surface area contributed by atoms with Gasteiger partial charge in [0, 0.05) is 23.8 Å². The molecule has 0 bridgehead atoms. The lowest BCUT2D eigenvalue weighted by atomic mass is 9.85. The highest BCUT2D eigenvalue weighted by Crippen LogP contribution is 2.25. The largest absolute Gasteiger partial charge is 0.328 e. The van der Waals surface area contributed by atoms with Crippen molar-refractivity contribution in [3.63, 3.8) is 0 Å². The minimum atomic E-state index is -0.425. The van der Waals surface area contributed by atoms with Crippen LogP contribution in [-0.2, 0) is 4.79 Å². The lowest BCUT2D eigenvalue weighted by Gasteiger charge is -2.25. The van der Waals surface area contributed by atoms with E-state index in [2.05, 4.69) is 10.4 Å². The molecule has 1 saturated carbocycles. The minimum absolute atomic E-state index is 0. The second-order valence-corrected chi connectivity index (χ2v) is 6.24. The first-order valence-corrected chi connectivity index (χ1v) is 7.90. The van der Waals surface area contributed by atoms with Crippen LogP contribution in [0, 0.1) is 18.7 Å². The number of nitrogens with two attached hydrogens (primary N) is 1. The van der Waals surface area contributed by atoms with Crippen molar-refractivity contribution < 1.29 is 9.18 Å². The molecule has 24 heavy (non-hydrogen) atoms. The molecule has 1 fully saturated rings. The molecule has 1 heterocycles. The van der Waals surface area contributed by atoms with E-state index < -0.39 is 5.82 Å². The third-order valence-electron chi connectivity index (χ3n) is 4.26. The Balaban J connectivity index is 0.00000208. The van der Waals surface area contributed by atoms with Crippen LogP contribution in [0.4, 0.5) is 10.1 Å². The van der Waals surface area contributed by atoms with Crippen LogP contribution in [0.5, 0.6) is 0 Å². The fraction of sp³-hybridized carbons (Fsp3) is 0.412. The molecule has 1 aliphatic carbocycles. The highest BCUT2D eigenvalue weighted by atomic mass is 35.5. The van der Waals surface area contributed by atoms with Gasteiger partial charge in [0.1, 0.15) is 5.69 Å². The van der Waals surface area contributed by atoms with Gasteiger partial charge in [-0.1, -0.05) is 6.42 Å². The number of carbonyl (C=O) groups excluding carboxylic acids is 1. The highest BCUT2D eigenvalue weighted by molar-refractivity contribution is 5.92. The molecule has 0 spiro atoms. The molecule has 7 heteroatoms. The number of aryl methyl sites for hydroxylation is 1. The number of carbonyl (C=O) groups is 1. The predicted octanol–water partition coefficient (Wildman–Crippen LogP) is 3.20. The third-order valence-corrected chi connectivity index (χ3v) is 4.26. The fourth-order valence-electron chi connectivity index (χ4n) is 3.03. The number of nitrogens with zero attached hydrogens (tertiary/aromatic N) is 2. The molecule has 5 nitrogen and oxygen atoms in total. The van der Waals surface area contributed by atoms with Gasteiger partial charge < -0.3 is 11.1 Å². The van der Waals surface area contributed by atoms with E-state index in [-0.39, 0.29) is 30.3 Å². The van der Waals surface area contributed by atoms with Crippen LogP contribution in [-0.4, -0.2) is 21.7 Å². The Bertz CT molecular complexity index is 718. The zero-order chi connectivity index (χ0) is 16.4. The summed E-state index contributed by atoms with van der Waals surface area (Å²) in [6.07, 6.45) is 6.88. The fourth-order valence-corrected chi connectivity index (χ4v) is 3.03. The maximum Gasteiger partial charge on any atom is 0.227 e.